The number of para-hydroxylation sites is 1. The van der Waals surface area contributed by atoms with Gasteiger partial charge in [-0.15, -0.1) is 0 Å². The molecule has 3 rings (SSSR count). The molecule has 0 saturated carbocycles. The Morgan fingerprint density at radius 2 is 2.24 bits per heavy atom. The van der Waals surface area contributed by atoms with Gasteiger partial charge in [0, 0.05) is 25.8 Å². The first kappa shape index (κ1) is 17.4. The van der Waals surface area contributed by atoms with Gasteiger partial charge < -0.3 is 30.7 Å². The number of carboxylic acid groups (broad SMARTS) is 1. The Bertz CT molecular complexity index is 711. The van der Waals surface area contributed by atoms with Crippen molar-refractivity contribution in [3.05, 3.63) is 29.8 Å². The Morgan fingerprint density at radius 1 is 1.44 bits per heavy atom. The summed E-state index contributed by atoms with van der Waals surface area (Å²) in [7, 11) is 1.53. The van der Waals surface area contributed by atoms with E-state index in [2.05, 4.69) is 5.32 Å². The Morgan fingerprint density at radius 3 is 2.96 bits per heavy atom. The number of rotatable bonds is 4. The van der Waals surface area contributed by atoms with Crippen molar-refractivity contribution in [3.8, 4) is 5.75 Å². The molecule has 9 heteroatoms. The molecule has 134 valence electrons. The van der Waals surface area contributed by atoms with E-state index in [4.69, 9.17) is 15.6 Å². The molecule has 0 aromatic heterocycles. The zero-order chi connectivity index (χ0) is 18.0. The van der Waals surface area contributed by atoms with Crippen LogP contribution in [0.4, 0.5) is 16.2 Å². The minimum atomic E-state index is -1.01. The molecule has 2 heterocycles. The Balaban J connectivity index is 1.82. The van der Waals surface area contributed by atoms with E-state index in [0.717, 1.165) is 0 Å². The molecule has 25 heavy (non-hydrogen) atoms. The van der Waals surface area contributed by atoms with E-state index >= 15 is 0 Å². The fraction of sp³-hybridized carbons (Fsp3) is 0.375. The van der Waals surface area contributed by atoms with Gasteiger partial charge in [-0.1, -0.05) is 17.8 Å². The lowest BCUT2D eigenvalue weighted by Crippen LogP contribution is -2.58. The van der Waals surface area contributed by atoms with Gasteiger partial charge in [0.1, 0.15) is 5.37 Å². The van der Waals surface area contributed by atoms with Crippen molar-refractivity contribution in [2.75, 3.05) is 37.4 Å². The molecule has 0 aliphatic carbocycles. The van der Waals surface area contributed by atoms with Crippen molar-refractivity contribution in [1.29, 1.82) is 0 Å². The quantitative estimate of drug-likeness (QED) is 0.683. The number of amides is 1. The number of hydrogen-bond donors (Lipinski definition) is 3. The third-order valence-corrected chi connectivity index (χ3v) is 5.22. The predicted molar refractivity (Wildman–Crippen MR) is 96.8 cm³/mol. The summed E-state index contributed by atoms with van der Waals surface area (Å²) in [6.45, 7) is 0.976. The maximum atomic E-state index is 13.0. The molecule has 2 aliphatic heterocycles. The second-order valence-corrected chi connectivity index (χ2v) is 6.71. The van der Waals surface area contributed by atoms with E-state index in [-0.39, 0.29) is 12.3 Å². The van der Waals surface area contributed by atoms with Gasteiger partial charge in [-0.05, 0) is 17.5 Å². The lowest BCUT2D eigenvalue weighted by molar-refractivity contribution is -0.121. The highest BCUT2D eigenvalue weighted by Crippen LogP contribution is 2.40. The van der Waals surface area contributed by atoms with Crippen LogP contribution in [0.3, 0.4) is 0 Å². The fourth-order valence-corrected chi connectivity index (χ4v) is 3.95. The standard InChI is InChI=1S/C16H20N4O4S/c1-24-14-10(17)3-2-4-12(14)20-7-8-25-15(20)13(21)11-9-19(16(22)23)6-5-18-11/h2-4,7-8,11,15,18H,5-6,9,17H2,1H3,(H,22,23). The van der Waals surface area contributed by atoms with Crippen LogP contribution >= 0.6 is 11.8 Å². The molecule has 0 bridgehead atoms. The molecule has 2 unspecified atom stereocenters. The lowest BCUT2D eigenvalue weighted by atomic mass is 10.1. The van der Waals surface area contributed by atoms with E-state index in [9.17, 15) is 9.59 Å². The smallest absolute Gasteiger partial charge is 0.407 e. The van der Waals surface area contributed by atoms with E-state index < -0.39 is 17.5 Å². The molecule has 1 fully saturated rings. The maximum absolute atomic E-state index is 13.0. The minimum Gasteiger partial charge on any atom is -0.492 e. The Kier molecular flexibility index (Phi) is 5.05. The zero-order valence-corrected chi connectivity index (χ0v) is 14.5. The molecule has 8 nitrogen and oxygen atoms in total. The van der Waals surface area contributed by atoms with Crippen molar-refractivity contribution in [1.82, 2.24) is 10.2 Å². The number of thioether (sulfide) groups is 1. The van der Waals surface area contributed by atoms with E-state index in [1.54, 1.807) is 12.1 Å². The van der Waals surface area contributed by atoms with Crippen molar-refractivity contribution < 1.29 is 19.4 Å². The fourth-order valence-electron chi connectivity index (χ4n) is 2.98. The summed E-state index contributed by atoms with van der Waals surface area (Å²) in [5, 5.41) is 13.6. The summed E-state index contributed by atoms with van der Waals surface area (Å²) in [4.78, 5) is 27.2. The number of piperazine rings is 1. The highest BCUT2D eigenvalue weighted by Gasteiger charge is 2.37. The number of anilines is 2. The molecule has 1 aromatic rings. The van der Waals surface area contributed by atoms with E-state index in [1.165, 1.54) is 23.8 Å². The monoisotopic (exact) mass is 364 g/mol. The third kappa shape index (κ3) is 3.38. The van der Waals surface area contributed by atoms with Gasteiger partial charge in [0.15, 0.2) is 11.5 Å². The number of nitrogens with one attached hydrogen (secondary N) is 1. The molecule has 1 amide bonds. The number of nitrogens with two attached hydrogens (primary N) is 1. The maximum Gasteiger partial charge on any atom is 0.407 e. The summed E-state index contributed by atoms with van der Waals surface area (Å²) >= 11 is 1.38. The molecule has 0 radical (unpaired) electrons. The number of ketones is 1. The molecule has 2 atom stereocenters. The van der Waals surface area contributed by atoms with Gasteiger partial charge in [0.25, 0.3) is 0 Å². The molecule has 0 spiro atoms. The number of hydrogen-bond acceptors (Lipinski definition) is 7. The average molecular weight is 364 g/mol. The average Bonchev–Trinajstić information content (AvgIpc) is 3.10. The number of benzene rings is 1. The number of nitrogens with zero attached hydrogens (tertiary/aromatic N) is 2. The van der Waals surface area contributed by atoms with Crippen molar-refractivity contribution in [2.45, 2.75) is 11.4 Å². The van der Waals surface area contributed by atoms with Gasteiger partial charge in [-0.2, -0.15) is 0 Å². The third-order valence-electron chi connectivity index (χ3n) is 4.22. The summed E-state index contributed by atoms with van der Waals surface area (Å²) in [5.41, 5.74) is 7.16. The number of carbonyl (C=O) groups excluding carboxylic acids is 1. The minimum absolute atomic E-state index is 0.0783. The van der Waals surface area contributed by atoms with Crippen LogP contribution in [0.1, 0.15) is 0 Å². The lowest BCUT2D eigenvalue weighted by Gasteiger charge is -2.34. The molecule has 2 aliphatic rings. The van der Waals surface area contributed by atoms with Gasteiger partial charge >= 0.3 is 6.09 Å². The van der Waals surface area contributed by atoms with Crippen molar-refractivity contribution in [2.24, 2.45) is 0 Å². The van der Waals surface area contributed by atoms with Crippen LogP contribution < -0.4 is 20.7 Å². The van der Waals surface area contributed by atoms with E-state index in [1.807, 2.05) is 22.6 Å². The first-order chi connectivity index (χ1) is 12.0. The largest absolute Gasteiger partial charge is 0.492 e. The van der Waals surface area contributed by atoms with Crippen molar-refractivity contribution in [3.63, 3.8) is 0 Å². The van der Waals surface area contributed by atoms with Gasteiger partial charge in [-0.25, -0.2) is 4.79 Å². The predicted octanol–water partition coefficient (Wildman–Crippen LogP) is 1.15. The molecule has 4 N–H and O–H groups in total. The van der Waals surface area contributed by atoms with Crippen LogP contribution in [-0.2, 0) is 4.79 Å². The topological polar surface area (TPSA) is 108 Å². The second-order valence-electron chi connectivity index (χ2n) is 5.72. The molecular formula is C16H20N4O4S. The molecule has 1 aromatic carbocycles. The van der Waals surface area contributed by atoms with Crippen LogP contribution in [0.5, 0.6) is 5.75 Å². The highest BCUT2D eigenvalue weighted by molar-refractivity contribution is 8.03. The summed E-state index contributed by atoms with van der Waals surface area (Å²) < 4.78 is 5.39. The number of ether oxygens (including phenoxy) is 1. The van der Waals surface area contributed by atoms with Crippen molar-refractivity contribution >= 4 is 35.0 Å². The first-order valence-corrected chi connectivity index (χ1v) is 8.75. The highest BCUT2D eigenvalue weighted by atomic mass is 32.2. The number of carbonyl (C=O) groups is 2. The van der Waals surface area contributed by atoms with Crippen LogP contribution in [-0.4, -0.2) is 60.0 Å². The summed E-state index contributed by atoms with van der Waals surface area (Å²) in [6.07, 6.45) is 0.799. The number of nitrogen functional groups attached to an aromatic ring is 1. The molecular weight excluding hydrogens is 344 g/mol. The zero-order valence-electron chi connectivity index (χ0n) is 13.7. The molecule has 1 saturated heterocycles. The second kappa shape index (κ2) is 7.24. The van der Waals surface area contributed by atoms with Crippen LogP contribution in [0.2, 0.25) is 0 Å². The van der Waals surface area contributed by atoms with Gasteiger partial charge in [0.2, 0.25) is 0 Å². The Hall–Kier alpha value is -2.39. The van der Waals surface area contributed by atoms with Crippen LogP contribution in [0, 0.1) is 0 Å². The van der Waals surface area contributed by atoms with E-state index in [0.29, 0.717) is 30.2 Å². The summed E-state index contributed by atoms with van der Waals surface area (Å²) in [6, 6.07) is 4.83. The number of methoxy groups -OCH3 is 1. The van der Waals surface area contributed by atoms with Gasteiger partial charge in [0.05, 0.1) is 24.5 Å². The van der Waals surface area contributed by atoms with Gasteiger partial charge in [-0.3, -0.25) is 4.79 Å². The number of Topliss-reactive ketones (excluding diaryl/α,β-unsaturated/α-hetero) is 1. The SMILES string of the molecule is COc1c(N)cccc1N1C=CSC1C(=O)C1CN(C(=O)O)CCN1. The van der Waals surface area contributed by atoms with Crippen LogP contribution in [0.25, 0.3) is 0 Å². The normalized spacial score (nSPS) is 22.9. The summed E-state index contributed by atoms with van der Waals surface area (Å²) in [5.74, 6) is 0.432. The Labute approximate surface area is 149 Å². The first-order valence-electron chi connectivity index (χ1n) is 7.81. The van der Waals surface area contributed by atoms with Crippen LogP contribution in [0.15, 0.2) is 29.8 Å².